The van der Waals surface area contributed by atoms with Gasteiger partial charge in [0.05, 0.1) is 0 Å². The number of Topliss-reactive ketones (excluding diaryl/α,β-unsaturated/α-hetero) is 1. The van der Waals surface area contributed by atoms with Crippen molar-refractivity contribution >= 4 is 11.8 Å². The summed E-state index contributed by atoms with van der Waals surface area (Å²) in [7, 11) is 0. The Bertz CT molecular complexity index is 221. The largest absolute Gasteiger partial charge is 0.373 e. The van der Waals surface area contributed by atoms with Crippen LogP contribution in [-0.4, -0.2) is 11.8 Å². The number of ketones is 1. The molecule has 2 N–H and O–H groups in total. The second kappa shape index (κ2) is 5.10. The average Bonchev–Trinajstić information content (AvgIpc) is 2.12. The van der Waals surface area contributed by atoms with Crippen LogP contribution in [0.2, 0.25) is 0 Å². The van der Waals surface area contributed by atoms with Crippen molar-refractivity contribution in [3.63, 3.8) is 0 Å². The van der Waals surface area contributed by atoms with Crippen LogP contribution in [0.3, 0.4) is 0 Å². The van der Waals surface area contributed by atoms with Crippen molar-refractivity contribution in [1.29, 1.82) is 0 Å². The lowest BCUT2D eigenvalue weighted by Crippen LogP contribution is -2.36. The SMILES string of the molecule is CC(C)CCC(=O)C(C)(C)C(=O)ON. The Morgan fingerprint density at radius 2 is 1.86 bits per heavy atom. The minimum absolute atomic E-state index is 0.123. The molecule has 0 aliphatic heterocycles. The van der Waals surface area contributed by atoms with E-state index in [-0.39, 0.29) is 5.78 Å². The van der Waals surface area contributed by atoms with Gasteiger partial charge >= 0.3 is 5.97 Å². The van der Waals surface area contributed by atoms with E-state index in [0.29, 0.717) is 12.3 Å². The second-order valence-corrected chi connectivity index (χ2v) is 4.39. The Morgan fingerprint density at radius 3 is 2.21 bits per heavy atom. The van der Waals surface area contributed by atoms with E-state index in [4.69, 9.17) is 5.90 Å². The molecule has 0 unspecified atom stereocenters. The molecule has 0 aromatic rings. The van der Waals surface area contributed by atoms with Crippen molar-refractivity contribution in [2.75, 3.05) is 0 Å². The van der Waals surface area contributed by atoms with Crippen molar-refractivity contribution in [2.45, 2.75) is 40.5 Å². The molecular formula is C10H19NO3. The number of carbonyl (C=O) groups is 2. The van der Waals surface area contributed by atoms with Gasteiger partial charge in [0.25, 0.3) is 0 Å². The van der Waals surface area contributed by atoms with Crippen LogP contribution in [0.4, 0.5) is 0 Å². The summed E-state index contributed by atoms with van der Waals surface area (Å²) in [4.78, 5) is 26.8. The first kappa shape index (κ1) is 13.1. The second-order valence-electron chi connectivity index (χ2n) is 4.39. The summed E-state index contributed by atoms with van der Waals surface area (Å²) >= 11 is 0. The molecule has 4 heteroatoms. The molecule has 14 heavy (non-hydrogen) atoms. The van der Waals surface area contributed by atoms with Crippen LogP contribution in [0.15, 0.2) is 0 Å². The highest BCUT2D eigenvalue weighted by molar-refractivity contribution is 6.02. The van der Waals surface area contributed by atoms with Crippen LogP contribution >= 0.6 is 0 Å². The lowest BCUT2D eigenvalue weighted by molar-refractivity contribution is -0.158. The Kier molecular flexibility index (Phi) is 4.77. The molecule has 0 saturated carbocycles. The summed E-state index contributed by atoms with van der Waals surface area (Å²) in [5, 5.41) is 0. The van der Waals surface area contributed by atoms with Crippen LogP contribution in [0.1, 0.15) is 40.5 Å². The standard InChI is InChI=1S/C10H19NO3/c1-7(2)5-6-8(12)10(3,4)9(13)14-11/h7H,5-6,11H2,1-4H3. The highest BCUT2D eigenvalue weighted by Gasteiger charge is 2.36. The molecule has 0 aromatic carbocycles. The summed E-state index contributed by atoms with van der Waals surface area (Å²) < 4.78 is 0. The van der Waals surface area contributed by atoms with E-state index in [2.05, 4.69) is 4.84 Å². The van der Waals surface area contributed by atoms with E-state index in [0.717, 1.165) is 6.42 Å². The predicted molar refractivity (Wildman–Crippen MR) is 53.1 cm³/mol. The van der Waals surface area contributed by atoms with E-state index in [1.54, 1.807) is 0 Å². The van der Waals surface area contributed by atoms with Gasteiger partial charge in [0.2, 0.25) is 0 Å². The van der Waals surface area contributed by atoms with Crippen molar-refractivity contribution in [2.24, 2.45) is 17.2 Å². The minimum Gasteiger partial charge on any atom is -0.373 e. The lowest BCUT2D eigenvalue weighted by atomic mass is 9.85. The van der Waals surface area contributed by atoms with Crippen molar-refractivity contribution in [1.82, 2.24) is 0 Å². The molecule has 0 aliphatic rings. The molecule has 0 rings (SSSR count). The van der Waals surface area contributed by atoms with E-state index in [1.807, 2.05) is 13.8 Å². The zero-order chi connectivity index (χ0) is 11.4. The van der Waals surface area contributed by atoms with Crippen LogP contribution in [-0.2, 0) is 14.4 Å². The molecule has 0 amide bonds. The monoisotopic (exact) mass is 201 g/mol. The number of rotatable bonds is 5. The molecule has 0 fully saturated rings. The fourth-order valence-corrected chi connectivity index (χ4v) is 0.993. The van der Waals surface area contributed by atoms with Crippen LogP contribution in [0, 0.1) is 11.3 Å². The van der Waals surface area contributed by atoms with Crippen molar-refractivity contribution in [3.05, 3.63) is 0 Å². The fraction of sp³-hybridized carbons (Fsp3) is 0.800. The van der Waals surface area contributed by atoms with Crippen LogP contribution in [0.5, 0.6) is 0 Å². The molecule has 0 atom stereocenters. The molecule has 4 nitrogen and oxygen atoms in total. The summed E-state index contributed by atoms with van der Waals surface area (Å²) in [5.74, 6) is 4.40. The van der Waals surface area contributed by atoms with Gasteiger partial charge < -0.3 is 4.84 Å². The first-order chi connectivity index (χ1) is 6.32. The molecule has 0 spiro atoms. The highest BCUT2D eigenvalue weighted by Crippen LogP contribution is 2.22. The van der Waals surface area contributed by atoms with Crippen LogP contribution in [0.25, 0.3) is 0 Å². The molecule has 0 aromatic heterocycles. The van der Waals surface area contributed by atoms with Gasteiger partial charge in [-0.2, -0.15) is 5.90 Å². The average molecular weight is 201 g/mol. The summed E-state index contributed by atoms with van der Waals surface area (Å²) in [6, 6.07) is 0. The van der Waals surface area contributed by atoms with Gasteiger partial charge in [-0.15, -0.1) is 0 Å². The Labute approximate surface area is 84.8 Å². The van der Waals surface area contributed by atoms with Gasteiger partial charge in [-0.3, -0.25) is 4.79 Å². The lowest BCUT2D eigenvalue weighted by Gasteiger charge is -2.19. The quantitative estimate of drug-likeness (QED) is 0.539. The van der Waals surface area contributed by atoms with Crippen LogP contribution < -0.4 is 5.90 Å². The Morgan fingerprint density at radius 1 is 1.36 bits per heavy atom. The molecule has 0 heterocycles. The number of nitrogens with two attached hydrogens (primary N) is 1. The number of carbonyl (C=O) groups excluding carboxylic acids is 2. The molecule has 0 saturated heterocycles. The molecule has 0 aliphatic carbocycles. The first-order valence-electron chi connectivity index (χ1n) is 4.76. The van der Waals surface area contributed by atoms with Crippen molar-refractivity contribution < 1.29 is 14.4 Å². The maximum Gasteiger partial charge on any atom is 0.337 e. The highest BCUT2D eigenvalue weighted by atomic mass is 16.7. The Hall–Kier alpha value is -0.900. The molecule has 0 radical (unpaired) electrons. The van der Waals surface area contributed by atoms with E-state index < -0.39 is 11.4 Å². The maximum absolute atomic E-state index is 11.6. The van der Waals surface area contributed by atoms with Gasteiger partial charge in [0, 0.05) is 6.42 Å². The fourth-order valence-electron chi connectivity index (χ4n) is 0.993. The summed E-state index contributed by atoms with van der Waals surface area (Å²) in [6.45, 7) is 7.12. The predicted octanol–water partition coefficient (Wildman–Crippen LogP) is 1.43. The minimum atomic E-state index is -1.12. The molecule has 0 bridgehead atoms. The smallest absolute Gasteiger partial charge is 0.337 e. The first-order valence-corrected chi connectivity index (χ1v) is 4.76. The zero-order valence-electron chi connectivity index (χ0n) is 9.29. The third-order valence-electron chi connectivity index (χ3n) is 2.26. The number of hydrogen-bond donors (Lipinski definition) is 1. The zero-order valence-corrected chi connectivity index (χ0v) is 9.29. The van der Waals surface area contributed by atoms with Gasteiger partial charge in [-0.1, -0.05) is 13.8 Å². The maximum atomic E-state index is 11.6. The van der Waals surface area contributed by atoms with Gasteiger partial charge in [0.15, 0.2) is 0 Å². The van der Waals surface area contributed by atoms with E-state index in [1.165, 1.54) is 13.8 Å². The third kappa shape index (κ3) is 3.46. The normalized spacial score (nSPS) is 11.6. The van der Waals surface area contributed by atoms with Gasteiger partial charge in [-0.25, -0.2) is 4.79 Å². The Balaban J connectivity index is 4.29. The van der Waals surface area contributed by atoms with E-state index in [9.17, 15) is 9.59 Å². The molecule has 82 valence electrons. The van der Waals surface area contributed by atoms with Gasteiger partial charge in [0.1, 0.15) is 11.2 Å². The topological polar surface area (TPSA) is 69.4 Å². The third-order valence-corrected chi connectivity index (χ3v) is 2.26. The molecular weight excluding hydrogens is 182 g/mol. The number of hydrogen-bond acceptors (Lipinski definition) is 4. The summed E-state index contributed by atoms with van der Waals surface area (Å²) in [5.41, 5.74) is -1.12. The van der Waals surface area contributed by atoms with E-state index >= 15 is 0 Å². The van der Waals surface area contributed by atoms with Crippen molar-refractivity contribution in [3.8, 4) is 0 Å². The van der Waals surface area contributed by atoms with Gasteiger partial charge in [-0.05, 0) is 26.2 Å². The summed E-state index contributed by atoms with van der Waals surface area (Å²) in [6.07, 6.45) is 1.17.